The molecule has 0 atom stereocenters. The lowest BCUT2D eigenvalue weighted by Crippen LogP contribution is -2.49. The number of amides is 1. The molecule has 4 nitrogen and oxygen atoms in total. The lowest BCUT2D eigenvalue weighted by atomic mass is 10.0. The van der Waals surface area contributed by atoms with Gasteiger partial charge in [0.1, 0.15) is 5.75 Å². The Labute approximate surface area is 115 Å². The largest absolute Gasteiger partial charge is 0.496 e. The van der Waals surface area contributed by atoms with Crippen LogP contribution in [0.3, 0.4) is 0 Å². The lowest BCUT2D eigenvalue weighted by molar-refractivity contribution is -0.134. The zero-order valence-corrected chi connectivity index (χ0v) is 12.5. The first-order chi connectivity index (χ1) is 8.79. The third-order valence-electron chi connectivity index (χ3n) is 3.04. The van der Waals surface area contributed by atoms with E-state index in [0.29, 0.717) is 6.54 Å². The van der Waals surface area contributed by atoms with Crippen LogP contribution in [0.25, 0.3) is 0 Å². The molecule has 0 saturated heterocycles. The van der Waals surface area contributed by atoms with Crippen molar-refractivity contribution < 1.29 is 9.53 Å². The molecule has 0 fully saturated rings. The highest BCUT2D eigenvalue weighted by Crippen LogP contribution is 2.21. The maximum absolute atomic E-state index is 12.0. The molecular formula is C15H24N2O2. The first-order valence-corrected chi connectivity index (χ1v) is 6.49. The third kappa shape index (κ3) is 3.96. The van der Waals surface area contributed by atoms with Gasteiger partial charge in [-0.25, -0.2) is 0 Å². The highest BCUT2D eigenvalue weighted by Gasteiger charge is 2.25. The van der Waals surface area contributed by atoms with Crippen molar-refractivity contribution in [3.8, 4) is 5.75 Å². The zero-order valence-electron chi connectivity index (χ0n) is 12.5. The van der Waals surface area contributed by atoms with E-state index in [4.69, 9.17) is 10.5 Å². The number of carbonyl (C=O) groups is 1. The second kappa shape index (κ2) is 6.06. The van der Waals surface area contributed by atoms with E-state index in [1.807, 2.05) is 12.1 Å². The molecule has 0 heterocycles. The Morgan fingerprint density at radius 3 is 2.53 bits per heavy atom. The molecule has 1 aromatic carbocycles. The molecule has 0 bridgehead atoms. The summed E-state index contributed by atoms with van der Waals surface area (Å²) in [6.07, 6.45) is 0.900. The summed E-state index contributed by atoms with van der Waals surface area (Å²) in [5, 5.41) is 0. The fourth-order valence-electron chi connectivity index (χ4n) is 2.04. The van der Waals surface area contributed by atoms with Crippen molar-refractivity contribution in [1.29, 1.82) is 0 Å². The highest BCUT2D eigenvalue weighted by molar-refractivity contribution is 5.84. The van der Waals surface area contributed by atoms with Crippen molar-refractivity contribution in [1.82, 2.24) is 4.90 Å². The predicted octanol–water partition coefficient (Wildman–Crippen LogP) is 1.95. The Morgan fingerprint density at radius 1 is 1.42 bits per heavy atom. The van der Waals surface area contributed by atoms with Crippen LogP contribution in [0.1, 0.15) is 31.9 Å². The molecule has 19 heavy (non-hydrogen) atoms. The van der Waals surface area contributed by atoms with E-state index in [1.165, 1.54) is 0 Å². The standard InChI is InChI=1S/C15H24N2O2/c1-6-12-9-11(7-8-13(12)19-5)10-17(4)14(18)15(2,3)16/h7-9H,6,10,16H2,1-5H3. The van der Waals surface area contributed by atoms with Gasteiger partial charge in [-0.15, -0.1) is 0 Å². The summed E-state index contributed by atoms with van der Waals surface area (Å²) in [4.78, 5) is 13.7. The minimum Gasteiger partial charge on any atom is -0.496 e. The van der Waals surface area contributed by atoms with Crippen LogP contribution in [0, 0.1) is 0 Å². The van der Waals surface area contributed by atoms with Gasteiger partial charge in [-0.3, -0.25) is 4.79 Å². The maximum atomic E-state index is 12.0. The highest BCUT2D eigenvalue weighted by atomic mass is 16.5. The Hall–Kier alpha value is -1.55. The normalized spacial score (nSPS) is 11.3. The molecule has 1 amide bonds. The number of ether oxygens (including phenoxy) is 1. The molecule has 0 saturated carbocycles. The van der Waals surface area contributed by atoms with E-state index in [0.717, 1.165) is 23.3 Å². The van der Waals surface area contributed by atoms with Gasteiger partial charge in [-0.1, -0.05) is 19.1 Å². The van der Waals surface area contributed by atoms with E-state index in [-0.39, 0.29) is 5.91 Å². The molecule has 0 aliphatic rings. The average Bonchev–Trinajstić information content (AvgIpc) is 2.36. The van der Waals surface area contributed by atoms with Gasteiger partial charge in [0.25, 0.3) is 0 Å². The lowest BCUT2D eigenvalue weighted by Gasteiger charge is -2.26. The van der Waals surface area contributed by atoms with Crippen molar-refractivity contribution >= 4 is 5.91 Å². The molecule has 1 rings (SSSR count). The summed E-state index contributed by atoms with van der Waals surface area (Å²) >= 11 is 0. The van der Waals surface area contributed by atoms with Crippen molar-refractivity contribution in [2.75, 3.05) is 14.2 Å². The van der Waals surface area contributed by atoms with Gasteiger partial charge < -0.3 is 15.4 Å². The Bertz CT molecular complexity index is 450. The minimum atomic E-state index is -0.838. The number of nitrogens with two attached hydrogens (primary N) is 1. The molecule has 106 valence electrons. The monoisotopic (exact) mass is 264 g/mol. The van der Waals surface area contributed by atoms with Crippen LogP contribution in [0.2, 0.25) is 0 Å². The summed E-state index contributed by atoms with van der Waals surface area (Å²) in [6, 6.07) is 6.00. The quantitative estimate of drug-likeness (QED) is 0.884. The smallest absolute Gasteiger partial charge is 0.242 e. The maximum Gasteiger partial charge on any atom is 0.242 e. The summed E-state index contributed by atoms with van der Waals surface area (Å²) in [5.74, 6) is 0.820. The number of hydrogen-bond donors (Lipinski definition) is 1. The molecule has 2 N–H and O–H groups in total. The third-order valence-corrected chi connectivity index (χ3v) is 3.04. The fraction of sp³-hybridized carbons (Fsp3) is 0.533. The van der Waals surface area contributed by atoms with Crippen LogP contribution >= 0.6 is 0 Å². The molecule has 0 unspecified atom stereocenters. The van der Waals surface area contributed by atoms with Crippen molar-refractivity contribution in [3.63, 3.8) is 0 Å². The SMILES string of the molecule is CCc1cc(CN(C)C(=O)C(C)(C)N)ccc1OC. The number of hydrogen-bond acceptors (Lipinski definition) is 3. The molecular weight excluding hydrogens is 240 g/mol. The van der Waals surface area contributed by atoms with E-state index >= 15 is 0 Å². The number of benzene rings is 1. The fourth-order valence-corrected chi connectivity index (χ4v) is 2.04. The van der Waals surface area contributed by atoms with Crippen LogP contribution in [0.15, 0.2) is 18.2 Å². The second-order valence-corrected chi connectivity index (χ2v) is 5.38. The van der Waals surface area contributed by atoms with E-state index in [2.05, 4.69) is 13.0 Å². The van der Waals surface area contributed by atoms with Gasteiger partial charge in [0.05, 0.1) is 12.6 Å². The van der Waals surface area contributed by atoms with E-state index in [1.54, 1.807) is 32.9 Å². The molecule has 0 spiro atoms. The number of nitrogens with zero attached hydrogens (tertiary/aromatic N) is 1. The van der Waals surface area contributed by atoms with Crippen molar-refractivity contribution in [2.45, 2.75) is 39.3 Å². The van der Waals surface area contributed by atoms with Crippen molar-refractivity contribution in [3.05, 3.63) is 29.3 Å². The molecule has 0 aromatic heterocycles. The summed E-state index contributed by atoms with van der Waals surface area (Å²) in [6.45, 7) is 6.07. The summed E-state index contributed by atoms with van der Waals surface area (Å²) < 4.78 is 5.30. The Kier molecular flexibility index (Phi) is 4.95. The van der Waals surface area contributed by atoms with Crippen molar-refractivity contribution in [2.24, 2.45) is 5.73 Å². The molecule has 4 heteroatoms. The Morgan fingerprint density at radius 2 is 2.05 bits per heavy atom. The van der Waals surface area contributed by atoms with Crippen LogP contribution < -0.4 is 10.5 Å². The number of methoxy groups -OCH3 is 1. The molecule has 1 aromatic rings. The summed E-state index contributed by atoms with van der Waals surface area (Å²) in [7, 11) is 3.44. The predicted molar refractivity (Wildman–Crippen MR) is 77.1 cm³/mol. The molecule has 0 aliphatic carbocycles. The van der Waals surface area contributed by atoms with Crippen LogP contribution in [-0.4, -0.2) is 30.5 Å². The van der Waals surface area contributed by atoms with Gasteiger partial charge in [0.15, 0.2) is 0 Å². The average molecular weight is 264 g/mol. The van der Waals surface area contributed by atoms with Gasteiger partial charge in [-0.2, -0.15) is 0 Å². The Balaban J connectivity index is 2.86. The topological polar surface area (TPSA) is 55.6 Å². The number of carbonyl (C=O) groups excluding carboxylic acids is 1. The van der Waals surface area contributed by atoms with Crippen LogP contribution in [0.4, 0.5) is 0 Å². The number of likely N-dealkylation sites (N-methyl/N-ethyl adjacent to an activating group) is 1. The van der Waals surface area contributed by atoms with Gasteiger partial charge >= 0.3 is 0 Å². The summed E-state index contributed by atoms with van der Waals surface area (Å²) in [5.41, 5.74) is 7.21. The second-order valence-electron chi connectivity index (χ2n) is 5.38. The van der Waals surface area contributed by atoms with E-state index in [9.17, 15) is 4.79 Å². The first-order valence-electron chi connectivity index (χ1n) is 6.49. The van der Waals surface area contributed by atoms with Gasteiger partial charge in [0, 0.05) is 13.6 Å². The zero-order chi connectivity index (χ0) is 14.6. The first kappa shape index (κ1) is 15.5. The molecule has 0 radical (unpaired) electrons. The van der Waals surface area contributed by atoms with Crippen LogP contribution in [-0.2, 0) is 17.8 Å². The van der Waals surface area contributed by atoms with Gasteiger partial charge in [-0.05, 0) is 37.5 Å². The van der Waals surface area contributed by atoms with Crippen LogP contribution in [0.5, 0.6) is 5.75 Å². The number of rotatable bonds is 5. The molecule has 0 aliphatic heterocycles. The minimum absolute atomic E-state index is 0.0682. The van der Waals surface area contributed by atoms with Gasteiger partial charge in [0.2, 0.25) is 5.91 Å². The van der Waals surface area contributed by atoms with E-state index < -0.39 is 5.54 Å². The number of aryl methyl sites for hydroxylation is 1.